The van der Waals surface area contributed by atoms with Crippen molar-refractivity contribution in [3.63, 3.8) is 0 Å². The average molecular weight is 497 g/mol. The average Bonchev–Trinajstić information content (AvgIpc) is 3.36. The Labute approximate surface area is 202 Å². The van der Waals surface area contributed by atoms with E-state index in [0.29, 0.717) is 12.3 Å². The summed E-state index contributed by atoms with van der Waals surface area (Å²) < 4.78 is 31.7. The summed E-state index contributed by atoms with van der Waals surface area (Å²) in [6, 6.07) is 11.3. The van der Waals surface area contributed by atoms with Crippen LogP contribution in [0.4, 0.5) is 13.2 Å². The Morgan fingerprint density at radius 2 is 1.85 bits per heavy atom. The third-order valence-electron chi connectivity index (χ3n) is 6.53. The van der Waals surface area contributed by atoms with Gasteiger partial charge in [0.05, 0.1) is 0 Å². The zero-order valence-corrected chi connectivity index (χ0v) is 20.2. The summed E-state index contributed by atoms with van der Waals surface area (Å²) in [5, 5.41) is 14.6. The predicted octanol–water partition coefficient (Wildman–Crippen LogP) is 5.32. The summed E-state index contributed by atoms with van der Waals surface area (Å²) in [4.78, 5) is 23.9. The maximum atomic E-state index is 12.4. The topological polar surface area (TPSA) is 69.6 Å². The molecule has 1 spiro atoms. The number of aliphatic carboxylic acids is 1. The molecule has 1 fully saturated rings. The summed E-state index contributed by atoms with van der Waals surface area (Å²) in [5.74, 6) is -2.20. The summed E-state index contributed by atoms with van der Waals surface area (Å²) >= 11 is 1.78. The minimum atomic E-state index is -5.08. The van der Waals surface area contributed by atoms with Gasteiger partial charge in [0.25, 0.3) is 0 Å². The highest BCUT2D eigenvalue weighted by atomic mass is 32.1. The zero-order chi connectivity index (χ0) is 24.9. The highest BCUT2D eigenvalue weighted by Gasteiger charge is 2.45. The van der Waals surface area contributed by atoms with Gasteiger partial charge in [-0.1, -0.05) is 24.3 Å². The number of fused-ring (bicyclic) bond motifs is 2. The molecule has 2 heterocycles. The number of carbonyl (C=O) groups excluding carboxylic acids is 1. The molecule has 1 aromatic heterocycles. The Morgan fingerprint density at radius 3 is 2.41 bits per heavy atom. The number of nitrogens with one attached hydrogen (secondary N) is 1. The number of piperidine rings is 1. The van der Waals surface area contributed by atoms with Gasteiger partial charge in [0.2, 0.25) is 5.91 Å². The standard InChI is InChI=1S/C23H30N2OS.C2HF3O2/c1-17(2)24-22(26)13-19-14-23(21-6-4-3-5-20(19)21)8-10-25(11-9-23)15-18-7-12-27-16-18;3-2(4,5)1(6)7/h3-7,12,16-17,19H,8-11,13-15H2,1-2H3,(H,24,26);(H,6,7). The van der Waals surface area contributed by atoms with Gasteiger partial charge >= 0.3 is 12.1 Å². The number of halogens is 3. The van der Waals surface area contributed by atoms with Crippen molar-refractivity contribution in [2.24, 2.45) is 0 Å². The highest BCUT2D eigenvalue weighted by molar-refractivity contribution is 7.07. The van der Waals surface area contributed by atoms with Gasteiger partial charge in [-0.2, -0.15) is 24.5 Å². The first kappa shape index (κ1) is 26.2. The quantitative estimate of drug-likeness (QED) is 0.588. The molecule has 0 radical (unpaired) electrons. The number of carboxylic acids is 1. The molecule has 2 aromatic rings. The van der Waals surface area contributed by atoms with E-state index in [4.69, 9.17) is 9.90 Å². The van der Waals surface area contributed by atoms with E-state index in [2.05, 4.69) is 51.3 Å². The molecule has 1 amide bonds. The highest BCUT2D eigenvalue weighted by Crippen LogP contribution is 2.52. The van der Waals surface area contributed by atoms with Gasteiger partial charge in [0.1, 0.15) is 0 Å². The van der Waals surface area contributed by atoms with Crippen LogP contribution >= 0.6 is 11.3 Å². The van der Waals surface area contributed by atoms with Crippen LogP contribution in [0.15, 0.2) is 41.1 Å². The molecule has 1 unspecified atom stereocenters. The van der Waals surface area contributed by atoms with Crippen LogP contribution < -0.4 is 5.32 Å². The van der Waals surface area contributed by atoms with Gasteiger partial charge in [-0.25, -0.2) is 4.79 Å². The number of benzene rings is 1. The normalized spacial score (nSPS) is 19.4. The molecule has 2 N–H and O–H groups in total. The second kappa shape index (κ2) is 10.9. The molecule has 1 aromatic carbocycles. The van der Waals surface area contributed by atoms with Crippen LogP contribution in [0.1, 0.15) is 62.1 Å². The molecule has 5 nitrogen and oxygen atoms in total. The lowest BCUT2D eigenvalue weighted by molar-refractivity contribution is -0.192. The molecular weight excluding hydrogens is 465 g/mol. The number of rotatable bonds is 5. The molecule has 0 bridgehead atoms. The first-order chi connectivity index (χ1) is 16.0. The Kier molecular flexibility index (Phi) is 8.41. The van der Waals surface area contributed by atoms with Gasteiger partial charge in [-0.3, -0.25) is 9.69 Å². The Hall–Kier alpha value is -2.39. The molecule has 9 heteroatoms. The van der Waals surface area contributed by atoms with Crippen molar-refractivity contribution in [2.75, 3.05) is 13.1 Å². The Bertz CT molecular complexity index is 968. The van der Waals surface area contributed by atoms with E-state index >= 15 is 0 Å². The fourth-order valence-corrected chi connectivity index (χ4v) is 5.73. The summed E-state index contributed by atoms with van der Waals surface area (Å²) in [7, 11) is 0. The predicted molar refractivity (Wildman–Crippen MR) is 126 cm³/mol. The molecule has 1 saturated heterocycles. The van der Waals surface area contributed by atoms with Crippen molar-refractivity contribution in [1.82, 2.24) is 10.2 Å². The van der Waals surface area contributed by atoms with E-state index in [-0.39, 0.29) is 17.4 Å². The Morgan fingerprint density at radius 1 is 1.21 bits per heavy atom. The number of carboxylic acid groups (broad SMARTS) is 1. The number of carbonyl (C=O) groups is 2. The van der Waals surface area contributed by atoms with Crippen molar-refractivity contribution in [2.45, 2.75) is 69.6 Å². The molecule has 1 aliphatic carbocycles. The lowest BCUT2D eigenvalue weighted by atomic mass is 9.73. The lowest BCUT2D eigenvalue weighted by Gasteiger charge is -2.40. The Balaban J connectivity index is 0.000000406. The van der Waals surface area contributed by atoms with Crippen molar-refractivity contribution in [1.29, 1.82) is 0 Å². The van der Waals surface area contributed by atoms with Crippen LogP contribution in [0.2, 0.25) is 0 Å². The number of alkyl halides is 3. The summed E-state index contributed by atoms with van der Waals surface area (Å²) in [6.07, 6.45) is -0.924. The minimum Gasteiger partial charge on any atom is -0.475 e. The third-order valence-corrected chi connectivity index (χ3v) is 7.26. The van der Waals surface area contributed by atoms with Crippen molar-refractivity contribution < 1.29 is 27.9 Å². The number of hydrogen-bond acceptors (Lipinski definition) is 4. The third kappa shape index (κ3) is 6.60. The molecule has 186 valence electrons. The van der Waals surface area contributed by atoms with E-state index in [0.717, 1.165) is 26.1 Å². The van der Waals surface area contributed by atoms with E-state index in [1.54, 1.807) is 11.3 Å². The van der Waals surface area contributed by atoms with Crippen molar-refractivity contribution in [3.05, 3.63) is 57.8 Å². The van der Waals surface area contributed by atoms with Gasteiger partial charge in [0.15, 0.2) is 0 Å². The van der Waals surface area contributed by atoms with Crippen LogP contribution in [-0.4, -0.2) is 47.2 Å². The number of thiophene rings is 1. The number of likely N-dealkylation sites (tertiary alicyclic amines) is 1. The monoisotopic (exact) mass is 496 g/mol. The largest absolute Gasteiger partial charge is 0.490 e. The van der Waals surface area contributed by atoms with E-state index in [1.165, 1.54) is 29.5 Å². The molecule has 4 rings (SSSR count). The van der Waals surface area contributed by atoms with E-state index in [1.807, 2.05) is 13.8 Å². The SMILES string of the molecule is CC(C)NC(=O)CC1CC2(CCN(Cc3ccsc3)CC2)c2ccccc21.O=C(O)C(F)(F)F. The van der Waals surface area contributed by atoms with Gasteiger partial charge in [0, 0.05) is 19.0 Å². The second-order valence-electron chi connectivity index (χ2n) is 9.41. The van der Waals surface area contributed by atoms with Crippen molar-refractivity contribution >= 4 is 23.2 Å². The fourth-order valence-electron chi connectivity index (χ4n) is 5.07. The fraction of sp³-hybridized carbons (Fsp3) is 0.520. The number of hydrogen-bond donors (Lipinski definition) is 2. The van der Waals surface area contributed by atoms with E-state index < -0.39 is 12.1 Å². The van der Waals surface area contributed by atoms with Gasteiger partial charge in [-0.15, -0.1) is 0 Å². The smallest absolute Gasteiger partial charge is 0.475 e. The van der Waals surface area contributed by atoms with Crippen LogP contribution in [0.3, 0.4) is 0 Å². The molecule has 34 heavy (non-hydrogen) atoms. The maximum Gasteiger partial charge on any atom is 0.490 e. The summed E-state index contributed by atoms with van der Waals surface area (Å²) in [6.45, 7) is 7.43. The minimum absolute atomic E-state index is 0.191. The zero-order valence-electron chi connectivity index (χ0n) is 19.4. The summed E-state index contributed by atoms with van der Waals surface area (Å²) in [5.41, 5.74) is 4.64. The molecular formula is C25H31F3N2O3S. The molecule has 0 saturated carbocycles. The number of amides is 1. The molecule has 2 aliphatic rings. The molecule has 1 aliphatic heterocycles. The molecule has 1 atom stereocenters. The first-order valence-electron chi connectivity index (χ1n) is 11.4. The van der Waals surface area contributed by atoms with Crippen LogP contribution in [0.5, 0.6) is 0 Å². The van der Waals surface area contributed by atoms with Gasteiger partial charge in [-0.05, 0) is 91.0 Å². The van der Waals surface area contributed by atoms with Crippen LogP contribution in [0, 0.1) is 0 Å². The maximum absolute atomic E-state index is 12.4. The van der Waals surface area contributed by atoms with Crippen LogP contribution in [0.25, 0.3) is 0 Å². The lowest BCUT2D eigenvalue weighted by Crippen LogP contribution is -2.41. The van der Waals surface area contributed by atoms with Crippen LogP contribution in [-0.2, 0) is 21.5 Å². The second-order valence-corrected chi connectivity index (χ2v) is 10.2. The van der Waals surface area contributed by atoms with E-state index in [9.17, 15) is 18.0 Å². The number of nitrogens with zero attached hydrogens (tertiary/aromatic N) is 1. The first-order valence-corrected chi connectivity index (χ1v) is 12.4. The van der Waals surface area contributed by atoms with Crippen molar-refractivity contribution in [3.8, 4) is 0 Å². The van der Waals surface area contributed by atoms with Gasteiger partial charge < -0.3 is 10.4 Å².